The molecule has 0 radical (unpaired) electrons. The van der Waals surface area contributed by atoms with Crippen LogP contribution >= 0.6 is 0 Å². The lowest BCUT2D eigenvalue weighted by molar-refractivity contribution is 0.156. The van der Waals surface area contributed by atoms with Crippen LogP contribution in [0, 0.1) is 0 Å². The van der Waals surface area contributed by atoms with Gasteiger partial charge in [-0.3, -0.25) is 0 Å². The van der Waals surface area contributed by atoms with Crippen LogP contribution in [-0.2, 0) is 19.6 Å². The Morgan fingerprint density at radius 2 is 2.25 bits per heavy atom. The molecule has 0 saturated carbocycles. The number of nitrogens with zero attached hydrogens (tertiary/aromatic N) is 7. The van der Waals surface area contributed by atoms with Gasteiger partial charge < -0.3 is 14.4 Å². The van der Waals surface area contributed by atoms with Crippen LogP contribution in [0.3, 0.4) is 0 Å². The van der Waals surface area contributed by atoms with E-state index in [1.807, 2.05) is 11.1 Å². The van der Waals surface area contributed by atoms with Crippen molar-refractivity contribution in [3.05, 3.63) is 30.4 Å². The first-order valence-electron chi connectivity index (χ1n) is 6.47. The number of carbonyl (C=O) groups excluding carboxylic acids is 1. The second-order valence-corrected chi connectivity index (χ2v) is 5.01. The molecule has 1 aliphatic rings. The highest BCUT2D eigenvalue weighted by Crippen LogP contribution is 2.15. The minimum absolute atomic E-state index is 0.0251. The van der Waals surface area contributed by atoms with Gasteiger partial charge in [-0.25, -0.2) is 19.4 Å². The molecular formula is C12H17N7O. The first-order valence-corrected chi connectivity index (χ1v) is 6.47. The maximum absolute atomic E-state index is 12.0. The lowest BCUT2D eigenvalue weighted by atomic mass is 10.3. The van der Waals surface area contributed by atoms with Gasteiger partial charge >= 0.3 is 6.03 Å². The van der Waals surface area contributed by atoms with Crippen LogP contribution in [0.4, 0.5) is 4.79 Å². The fourth-order valence-corrected chi connectivity index (χ4v) is 2.38. The molecule has 0 spiro atoms. The van der Waals surface area contributed by atoms with Gasteiger partial charge in [0.2, 0.25) is 0 Å². The molecule has 3 heterocycles. The number of carbonyl (C=O) groups is 1. The molecule has 0 N–H and O–H groups in total. The van der Waals surface area contributed by atoms with Gasteiger partial charge in [0.1, 0.15) is 18.5 Å². The molecule has 0 bridgehead atoms. The zero-order valence-electron chi connectivity index (χ0n) is 11.6. The van der Waals surface area contributed by atoms with E-state index in [0.717, 1.165) is 18.1 Å². The number of hydrogen-bond acceptors (Lipinski definition) is 4. The van der Waals surface area contributed by atoms with Crippen molar-refractivity contribution in [2.75, 3.05) is 20.6 Å². The van der Waals surface area contributed by atoms with Crippen molar-refractivity contribution in [2.24, 2.45) is 0 Å². The maximum atomic E-state index is 12.0. The summed E-state index contributed by atoms with van der Waals surface area (Å²) in [5.41, 5.74) is 1.09. The van der Waals surface area contributed by atoms with Crippen LogP contribution in [0.15, 0.2) is 18.9 Å². The van der Waals surface area contributed by atoms with Gasteiger partial charge in [0.15, 0.2) is 0 Å². The Morgan fingerprint density at radius 1 is 1.40 bits per heavy atom. The molecule has 0 aliphatic carbocycles. The third kappa shape index (κ3) is 2.24. The summed E-state index contributed by atoms with van der Waals surface area (Å²) >= 11 is 0. The topological polar surface area (TPSA) is 72.1 Å². The van der Waals surface area contributed by atoms with Crippen molar-refractivity contribution in [3.63, 3.8) is 0 Å². The minimum Gasteiger partial charge on any atom is -0.331 e. The number of rotatable bonds is 2. The van der Waals surface area contributed by atoms with Crippen LogP contribution in [0.25, 0.3) is 0 Å². The van der Waals surface area contributed by atoms with Crippen LogP contribution < -0.4 is 0 Å². The standard InChI is InChI=1S/C12H17N7O/c1-16(2)12(20)17-3-4-19-10(5-14-11(19)7-17)6-18-9-13-8-15-18/h5,8-9H,3-4,6-7H2,1-2H3. The Morgan fingerprint density at radius 3 is 2.95 bits per heavy atom. The van der Waals surface area contributed by atoms with E-state index in [2.05, 4.69) is 19.6 Å². The summed E-state index contributed by atoms with van der Waals surface area (Å²) in [5.74, 6) is 0.918. The zero-order valence-corrected chi connectivity index (χ0v) is 11.6. The number of aromatic nitrogens is 5. The first-order chi connectivity index (χ1) is 9.65. The normalized spacial score (nSPS) is 14.2. The molecule has 2 aromatic rings. The summed E-state index contributed by atoms with van der Waals surface area (Å²) in [7, 11) is 3.53. The third-order valence-corrected chi connectivity index (χ3v) is 3.39. The Labute approximate surface area is 116 Å². The van der Waals surface area contributed by atoms with Crippen LogP contribution in [0.2, 0.25) is 0 Å². The fraction of sp³-hybridized carbons (Fsp3) is 0.500. The molecule has 0 unspecified atom stereocenters. The number of imidazole rings is 1. The molecule has 8 nitrogen and oxygen atoms in total. The highest BCUT2D eigenvalue weighted by atomic mass is 16.2. The summed E-state index contributed by atoms with van der Waals surface area (Å²) < 4.78 is 3.92. The van der Waals surface area contributed by atoms with E-state index in [1.165, 1.54) is 6.33 Å². The maximum Gasteiger partial charge on any atom is 0.319 e. The fourth-order valence-electron chi connectivity index (χ4n) is 2.38. The molecule has 0 saturated heterocycles. The summed E-state index contributed by atoms with van der Waals surface area (Å²) in [6.45, 7) is 2.66. The van der Waals surface area contributed by atoms with Gasteiger partial charge in [0, 0.05) is 27.2 Å². The van der Waals surface area contributed by atoms with Gasteiger partial charge in [-0.05, 0) is 0 Å². The molecule has 20 heavy (non-hydrogen) atoms. The Bertz CT molecular complexity index is 601. The van der Waals surface area contributed by atoms with Gasteiger partial charge in [-0.2, -0.15) is 5.10 Å². The molecule has 1 aliphatic heterocycles. The average molecular weight is 275 g/mol. The molecule has 3 rings (SSSR count). The Hall–Kier alpha value is -2.38. The molecule has 2 amide bonds. The molecule has 2 aromatic heterocycles. The zero-order chi connectivity index (χ0) is 14.1. The smallest absolute Gasteiger partial charge is 0.319 e. The molecule has 8 heteroatoms. The second-order valence-electron chi connectivity index (χ2n) is 5.01. The highest BCUT2D eigenvalue weighted by Gasteiger charge is 2.24. The lowest BCUT2D eigenvalue weighted by Gasteiger charge is -2.30. The molecule has 106 valence electrons. The molecule has 0 fully saturated rings. The van der Waals surface area contributed by atoms with Gasteiger partial charge in [0.25, 0.3) is 0 Å². The Kier molecular flexibility index (Phi) is 3.13. The minimum atomic E-state index is 0.0251. The van der Waals surface area contributed by atoms with E-state index in [-0.39, 0.29) is 6.03 Å². The van der Waals surface area contributed by atoms with Gasteiger partial charge in [-0.1, -0.05) is 0 Å². The van der Waals surface area contributed by atoms with Crippen molar-refractivity contribution >= 4 is 6.03 Å². The van der Waals surface area contributed by atoms with Crippen LogP contribution in [0.5, 0.6) is 0 Å². The monoisotopic (exact) mass is 275 g/mol. The van der Waals surface area contributed by atoms with Crippen molar-refractivity contribution in [1.29, 1.82) is 0 Å². The SMILES string of the molecule is CN(C)C(=O)N1CCn2c(Cn3cncn3)cnc2C1. The van der Waals surface area contributed by atoms with Crippen LogP contribution in [0.1, 0.15) is 11.5 Å². The first kappa shape index (κ1) is 12.6. The number of fused-ring (bicyclic) bond motifs is 1. The van der Waals surface area contributed by atoms with E-state index >= 15 is 0 Å². The van der Waals surface area contributed by atoms with Crippen LogP contribution in [-0.4, -0.2) is 60.8 Å². The third-order valence-electron chi connectivity index (χ3n) is 3.39. The van der Waals surface area contributed by atoms with Gasteiger partial charge in [0.05, 0.1) is 25.0 Å². The molecule has 0 atom stereocenters. The lowest BCUT2D eigenvalue weighted by Crippen LogP contribution is -2.43. The number of urea groups is 1. The highest BCUT2D eigenvalue weighted by molar-refractivity contribution is 5.73. The predicted octanol–water partition coefficient (Wildman–Crippen LogP) is 0.0201. The van der Waals surface area contributed by atoms with E-state index in [1.54, 1.807) is 30.0 Å². The van der Waals surface area contributed by atoms with E-state index < -0.39 is 0 Å². The Balaban J connectivity index is 1.76. The van der Waals surface area contributed by atoms with Crippen molar-refractivity contribution in [1.82, 2.24) is 34.1 Å². The molecule has 0 aromatic carbocycles. The quantitative estimate of drug-likeness (QED) is 0.774. The summed E-state index contributed by atoms with van der Waals surface area (Å²) in [6, 6.07) is 0.0251. The van der Waals surface area contributed by atoms with Crippen molar-refractivity contribution in [3.8, 4) is 0 Å². The second kappa shape index (κ2) is 4.95. The van der Waals surface area contributed by atoms with E-state index in [0.29, 0.717) is 19.6 Å². The largest absolute Gasteiger partial charge is 0.331 e. The van der Waals surface area contributed by atoms with E-state index in [4.69, 9.17) is 0 Å². The van der Waals surface area contributed by atoms with Crippen molar-refractivity contribution < 1.29 is 4.79 Å². The average Bonchev–Trinajstić information content (AvgIpc) is 3.08. The van der Waals surface area contributed by atoms with Crippen molar-refractivity contribution in [2.45, 2.75) is 19.6 Å². The predicted molar refractivity (Wildman–Crippen MR) is 70.8 cm³/mol. The summed E-state index contributed by atoms with van der Waals surface area (Å²) in [6.07, 6.45) is 5.05. The summed E-state index contributed by atoms with van der Waals surface area (Å²) in [4.78, 5) is 23.7. The number of amides is 2. The van der Waals surface area contributed by atoms with E-state index in [9.17, 15) is 4.79 Å². The number of hydrogen-bond donors (Lipinski definition) is 0. The molecular weight excluding hydrogens is 258 g/mol. The summed E-state index contributed by atoms with van der Waals surface area (Å²) in [5, 5.41) is 4.10. The van der Waals surface area contributed by atoms with Gasteiger partial charge in [-0.15, -0.1) is 0 Å².